The van der Waals surface area contributed by atoms with Crippen molar-refractivity contribution in [3.63, 3.8) is 0 Å². The summed E-state index contributed by atoms with van der Waals surface area (Å²) in [4.78, 5) is 6.97. The summed E-state index contributed by atoms with van der Waals surface area (Å²) < 4.78 is 0. The van der Waals surface area contributed by atoms with Crippen LogP contribution in [0.4, 0.5) is 5.95 Å². The molecule has 1 fully saturated rings. The summed E-state index contributed by atoms with van der Waals surface area (Å²) in [6, 6.07) is 8.34. The number of fused-ring (bicyclic) bond motifs is 1. The normalized spacial score (nSPS) is 19.4. The summed E-state index contributed by atoms with van der Waals surface area (Å²) in [6.07, 6.45) is 2.37. The second kappa shape index (κ2) is 5.56. The molecule has 1 saturated heterocycles. The molecule has 1 aromatic carbocycles. The van der Waals surface area contributed by atoms with Crippen molar-refractivity contribution in [3.05, 3.63) is 24.3 Å². The summed E-state index contributed by atoms with van der Waals surface area (Å²) in [5.41, 5.74) is 1.90. The quantitative estimate of drug-likeness (QED) is 0.938. The highest BCUT2D eigenvalue weighted by atomic mass is 15.3. The molecule has 1 unspecified atom stereocenters. The molecule has 0 spiro atoms. The van der Waals surface area contributed by atoms with Crippen LogP contribution in [0.25, 0.3) is 11.0 Å². The highest BCUT2D eigenvalue weighted by molar-refractivity contribution is 5.74. The molecular formula is C16H23N5. The highest BCUT2D eigenvalue weighted by Gasteiger charge is 2.28. The van der Waals surface area contributed by atoms with Crippen LogP contribution in [-0.2, 0) is 0 Å². The fourth-order valence-corrected chi connectivity index (χ4v) is 2.73. The van der Waals surface area contributed by atoms with Crippen molar-refractivity contribution in [2.75, 3.05) is 18.0 Å². The lowest BCUT2D eigenvalue weighted by atomic mass is 10.1. The van der Waals surface area contributed by atoms with Gasteiger partial charge in [0.1, 0.15) is 5.52 Å². The number of anilines is 1. The molecule has 5 heteroatoms. The van der Waals surface area contributed by atoms with Crippen LogP contribution in [0.5, 0.6) is 0 Å². The number of benzene rings is 1. The lowest BCUT2D eigenvalue weighted by Gasteiger charge is -2.28. The Morgan fingerprint density at radius 3 is 2.71 bits per heavy atom. The van der Waals surface area contributed by atoms with Gasteiger partial charge in [-0.05, 0) is 45.7 Å². The minimum Gasteiger partial charge on any atom is -0.335 e. The molecule has 0 amide bonds. The first-order valence-corrected chi connectivity index (χ1v) is 7.64. The SMILES string of the molecule is CC(C)(C)NCC1CCCN1c1nnc2ccccc2n1. The smallest absolute Gasteiger partial charge is 0.246 e. The van der Waals surface area contributed by atoms with E-state index in [1.165, 1.54) is 12.8 Å². The average molecular weight is 285 g/mol. The molecule has 21 heavy (non-hydrogen) atoms. The molecule has 3 rings (SSSR count). The molecule has 0 bridgehead atoms. The van der Waals surface area contributed by atoms with Gasteiger partial charge in [-0.25, -0.2) is 4.98 Å². The Labute approximate surface area is 125 Å². The lowest BCUT2D eigenvalue weighted by Crippen LogP contribution is -2.45. The van der Waals surface area contributed by atoms with E-state index in [-0.39, 0.29) is 5.54 Å². The van der Waals surface area contributed by atoms with Gasteiger partial charge in [-0.2, -0.15) is 0 Å². The van der Waals surface area contributed by atoms with Gasteiger partial charge < -0.3 is 10.2 Å². The van der Waals surface area contributed by atoms with Gasteiger partial charge in [0.25, 0.3) is 0 Å². The van der Waals surface area contributed by atoms with E-state index in [0.717, 1.165) is 30.1 Å². The van der Waals surface area contributed by atoms with E-state index in [4.69, 9.17) is 0 Å². The van der Waals surface area contributed by atoms with E-state index in [1.54, 1.807) is 0 Å². The average Bonchev–Trinajstić information content (AvgIpc) is 2.92. The van der Waals surface area contributed by atoms with Crippen LogP contribution in [0, 0.1) is 0 Å². The minimum absolute atomic E-state index is 0.136. The van der Waals surface area contributed by atoms with Gasteiger partial charge in [0.15, 0.2) is 0 Å². The van der Waals surface area contributed by atoms with Crippen molar-refractivity contribution in [2.24, 2.45) is 0 Å². The molecule has 2 heterocycles. The predicted octanol–water partition coefficient (Wildman–Crippen LogP) is 2.38. The predicted molar refractivity (Wildman–Crippen MR) is 85.5 cm³/mol. The van der Waals surface area contributed by atoms with Crippen LogP contribution >= 0.6 is 0 Å². The van der Waals surface area contributed by atoms with Gasteiger partial charge in [-0.3, -0.25) is 0 Å². The topological polar surface area (TPSA) is 53.9 Å². The van der Waals surface area contributed by atoms with Gasteiger partial charge in [-0.1, -0.05) is 12.1 Å². The summed E-state index contributed by atoms with van der Waals surface area (Å²) in [5.74, 6) is 0.756. The minimum atomic E-state index is 0.136. The molecular weight excluding hydrogens is 262 g/mol. The molecule has 1 aliphatic heterocycles. The molecule has 1 aromatic heterocycles. The molecule has 1 N–H and O–H groups in total. The Bertz CT molecular complexity index is 619. The van der Waals surface area contributed by atoms with Gasteiger partial charge >= 0.3 is 0 Å². The molecule has 5 nitrogen and oxygen atoms in total. The number of rotatable bonds is 3. The van der Waals surface area contributed by atoms with Crippen molar-refractivity contribution in [3.8, 4) is 0 Å². The van der Waals surface area contributed by atoms with Crippen molar-refractivity contribution in [2.45, 2.75) is 45.2 Å². The maximum Gasteiger partial charge on any atom is 0.246 e. The van der Waals surface area contributed by atoms with Crippen LogP contribution in [0.15, 0.2) is 24.3 Å². The second-order valence-corrected chi connectivity index (χ2v) is 6.72. The van der Waals surface area contributed by atoms with Crippen LogP contribution in [0.2, 0.25) is 0 Å². The maximum absolute atomic E-state index is 4.68. The van der Waals surface area contributed by atoms with Crippen LogP contribution in [-0.4, -0.2) is 39.9 Å². The van der Waals surface area contributed by atoms with Crippen LogP contribution in [0.1, 0.15) is 33.6 Å². The van der Waals surface area contributed by atoms with E-state index < -0.39 is 0 Å². The fourth-order valence-electron chi connectivity index (χ4n) is 2.73. The number of aromatic nitrogens is 3. The zero-order chi connectivity index (χ0) is 14.9. The number of nitrogens with one attached hydrogen (secondary N) is 1. The van der Waals surface area contributed by atoms with Crippen molar-refractivity contribution < 1.29 is 0 Å². The molecule has 0 aliphatic carbocycles. The van der Waals surface area contributed by atoms with Crippen molar-refractivity contribution in [1.29, 1.82) is 0 Å². The van der Waals surface area contributed by atoms with Gasteiger partial charge in [0.2, 0.25) is 5.95 Å². The van der Waals surface area contributed by atoms with Crippen LogP contribution < -0.4 is 10.2 Å². The first-order valence-electron chi connectivity index (χ1n) is 7.64. The van der Waals surface area contributed by atoms with E-state index in [2.05, 4.69) is 46.2 Å². The first kappa shape index (κ1) is 14.2. The number of nitrogens with zero attached hydrogens (tertiary/aromatic N) is 4. The molecule has 0 radical (unpaired) electrons. The van der Waals surface area contributed by atoms with E-state index in [9.17, 15) is 0 Å². The fraction of sp³-hybridized carbons (Fsp3) is 0.562. The lowest BCUT2D eigenvalue weighted by molar-refractivity contribution is 0.404. The maximum atomic E-state index is 4.68. The third-order valence-corrected chi connectivity index (χ3v) is 3.85. The van der Waals surface area contributed by atoms with Crippen molar-refractivity contribution in [1.82, 2.24) is 20.5 Å². The first-order chi connectivity index (χ1) is 10.0. The number of para-hydroxylation sites is 1. The molecule has 112 valence electrons. The highest BCUT2D eigenvalue weighted by Crippen LogP contribution is 2.23. The summed E-state index contributed by atoms with van der Waals surface area (Å²) in [7, 11) is 0. The Morgan fingerprint density at radius 1 is 1.19 bits per heavy atom. The van der Waals surface area contributed by atoms with Gasteiger partial charge in [0, 0.05) is 24.7 Å². The third kappa shape index (κ3) is 3.29. The van der Waals surface area contributed by atoms with Gasteiger partial charge in [-0.15, -0.1) is 10.2 Å². The summed E-state index contributed by atoms with van der Waals surface area (Å²) >= 11 is 0. The Hall–Kier alpha value is -1.75. The van der Waals surface area contributed by atoms with Crippen molar-refractivity contribution >= 4 is 17.0 Å². The molecule has 1 aliphatic rings. The number of hydrogen-bond acceptors (Lipinski definition) is 5. The largest absolute Gasteiger partial charge is 0.335 e. The zero-order valence-electron chi connectivity index (χ0n) is 13.0. The zero-order valence-corrected chi connectivity index (χ0v) is 13.0. The molecule has 1 atom stereocenters. The summed E-state index contributed by atoms with van der Waals surface area (Å²) in [6.45, 7) is 8.55. The molecule has 2 aromatic rings. The van der Waals surface area contributed by atoms with E-state index in [0.29, 0.717) is 6.04 Å². The Kier molecular flexibility index (Phi) is 3.76. The van der Waals surface area contributed by atoms with E-state index >= 15 is 0 Å². The Balaban J connectivity index is 1.79. The van der Waals surface area contributed by atoms with Gasteiger partial charge in [0.05, 0.1) is 5.52 Å². The monoisotopic (exact) mass is 285 g/mol. The summed E-state index contributed by atoms with van der Waals surface area (Å²) in [5, 5.41) is 12.2. The van der Waals surface area contributed by atoms with Crippen LogP contribution in [0.3, 0.4) is 0 Å². The molecule has 0 saturated carbocycles. The second-order valence-electron chi connectivity index (χ2n) is 6.72. The standard InChI is InChI=1S/C16H23N5/c1-16(2,3)17-11-12-7-6-10-21(12)15-18-13-8-4-5-9-14(13)19-20-15/h4-5,8-9,12,17H,6-7,10-11H2,1-3H3. The van der Waals surface area contributed by atoms with E-state index in [1.807, 2.05) is 24.3 Å². The Morgan fingerprint density at radius 2 is 1.95 bits per heavy atom. The third-order valence-electron chi connectivity index (χ3n) is 3.85. The number of hydrogen-bond donors (Lipinski definition) is 1.